The topological polar surface area (TPSA) is 99.3 Å². The molecule has 1 heterocycles. The van der Waals surface area contributed by atoms with Gasteiger partial charge in [-0.1, -0.05) is 18.2 Å². The van der Waals surface area contributed by atoms with Gasteiger partial charge in [0.05, 0.1) is 23.8 Å². The van der Waals surface area contributed by atoms with Gasteiger partial charge in [0.25, 0.3) is 11.6 Å². The Morgan fingerprint density at radius 2 is 2.03 bits per heavy atom. The molecule has 0 fully saturated rings. The molecule has 0 aliphatic rings. The summed E-state index contributed by atoms with van der Waals surface area (Å²) in [5, 5.41) is 18.5. The average molecular weight is 394 g/mol. The van der Waals surface area contributed by atoms with E-state index in [1.165, 1.54) is 18.2 Å². The van der Waals surface area contributed by atoms with Crippen LogP contribution < -0.4 is 10.1 Å². The molecule has 0 saturated carbocycles. The first-order chi connectivity index (χ1) is 13.9. The third kappa shape index (κ3) is 4.43. The van der Waals surface area contributed by atoms with Crippen molar-refractivity contribution < 1.29 is 14.5 Å². The number of ether oxygens (including phenoxy) is 1. The van der Waals surface area contributed by atoms with Crippen molar-refractivity contribution in [2.75, 3.05) is 7.11 Å². The second kappa shape index (κ2) is 8.55. The Hall–Kier alpha value is -3.68. The summed E-state index contributed by atoms with van der Waals surface area (Å²) in [6.45, 7) is 4.21. The van der Waals surface area contributed by atoms with E-state index < -0.39 is 4.92 Å². The van der Waals surface area contributed by atoms with E-state index in [0.717, 1.165) is 5.56 Å². The van der Waals surface area contributed by atoms with Gasteiger partial charge >= 0.3 is 0 Å². The molecule has 1 N–H and O–H groups in total. The third-order valence-electron chi connectivity index (χ3n) is 4.53. The van der Waals surface area contributed by atoms with Crippen LogP contribution in [0.5, 0.6) is 5.75 Å². The lowest BCUT2D eigenvalue weighted by molar-refractivity contribution is -0.384. The molecule has 3 rings (SSSR count). The molecule has 0 saturated heterocycles. The molecule has 0 radical (unpaired) electrons. The number of nitro benzene ring substituents is 1. The molecular formula is C21H22N4O4. The molecule has 8 nitrogen and oxygen atoms in total. The van der Waals surface area contributed by atoms with E-state index in [2.05, 4.69) is 10.4 Å². The lowest BCUT2D eigenvalue weighted by Crippen LogP contribution is -2.23. The fourth-order valence-electron chi connectivity index (χ4n) is 2.95. The number of rotatable bonds is 7. The van der Waals surface area contributed by atoms with E-state index in [-0.39, 0.29) is 24.2 Å². The van der Waals surface area contributed by atoms with Crippen molar-refractivity contribution in [1.29, 1.82) is 0 Å². The van der Waals surface area contributed by atoms with Gasteiger partial charge < -0.3 is 10.1 Å². The number of nitrogens with zero attached hydrogens (tertiary/aromatic N) is 3. The number of benzene rings is 2. The second-order valence-corrected chi connectivity index (χ2v) is 6.79. The Morgan fingerprint density at radius 1 is 1.28 bits per heavy atom. The number of carbonyl (C=O) groups excluding carboxylic acids is 1. The van der Waals surface area contributed by atoms with Gasteiger partial charge in [0.15, 0.2) is 0 Å². The molecule has 0 aliphatic carbocycles. The molecule has 2 aromatic carbocycles. The van der Waals surface area contributed by atoms with Crippen molar-refractivity contribution in [3.8, 4) is 16.9 Å². The van der Waals surface area contributed by atoms with E-state index in [1.807, 2.05) is 38.1 Å². The summed E-state index contributed by atoms with van der Waals surface area (Å²) in [7, 11) is 1.57. The van der Waals surface area contributed by atoms with Crippen LogP contribution in [0.2, 0.25) is 0 Å². The maximum Gasteiger partial charge on any atom is 0.277 e. The monoisotopic (exact) mass is 394 g/mol. The largest absolute Gasteiger partial charge is 0.496 e. The molecule has 0 bridgehead atoms. The molecule has 0 aliphatic heterocycles. The van der Waals surface area contributed by atoms with Crippen molar-refractivity contribution in [2.45, 2.75) is 26.4 Å². The van der Waals surface area contributed by atoms with E-state index in [0.29, 0.717) is 22.4 Å². The van der Waals surface area contributed by atoms with Crippen LogP contribution in [0.25, 0.3) is 11.1 Å². The number of carbonyl (C=O) groups is 1. The summed E-state index contributed by atoms with van der Waals surface area (Å²) in [6.07, 6.45) is 3.31. The first-order valence-electron chi connectivity index (χ1n) is 9.13. The van der Waals surface area contributed by atoms with Gasteiger partial charge in [0.1, 0.15) is 5.75 Å². The molecule has 1 amide bonds. The normalized spacial score (nSPS) is 10.8. The van der Waals surface area contributed by atoms with Crippen LogP contribution in [0.15, 0.2) is 54.9 Å². The standard InChI is InChI=1S/C21H22N4O4/c1-14(2)24-13-17(12-23-24)18-10-15(8-9-19(18)25(27)28)21(26)22-11-16-6-4-5-7-20(16)29-3/h4-10,12-14H,11H2,1-3H3,(H,22,26). The van der Waals surface area contributed by atoms with Gasteiger partial charge in [-0.15, -0.1) is 0 Å². The van der Waals surface area contributed by atoms with Crippen molar-refractivity contribution >= 4 is 11.6 Å². The highest BCUT2D eigenvalue weighted by atomic mass is 16.6. The number of hydrogen-bond acceptors (Lipinski definition) is 5. The minimum absolute atomic E-state index is 0.0745. The highest BCUT2D eigenvalue weighted by Gasteiger charge is 2.20. The number of hydrogen-bond donors (Lipinski definition) is 1. The van der Waals surface area contributed by atoms with Crippen LogP contribution in [-0.2, 0) is 6.54 Å². The van der Waals surface area contributed by atoms with E-state index in [9.17, 15) is 14.9 Å². The fraction of sp³-hybridized carbons (Fsp3) is 0.238. The Morgan fingerprint density at radius 3 is 2.69 bits per heavy atom. The number of nitrogens with one attached hydrogen (secondary N) is 1. The van der Waals surface area contributed by atoms with E-state index >= 15 is 0 Å². The Balaban J connectivity index is 1.87. The lowest BCUT2D eigenvalue weighted by Gasteiger charge is -2.10. The molecule has 0 spiro atoms. The summed E-state index contributed by atoms with van der Waals surface area (Å²) in [4.78, 5) is 23.7. The maximum absolute atomic E-state index is 12.7. The van der Waals surface area contributed by atoms with Gasteiger partial charge in [0, 0.05) is 41.5 Å². The zero-order chi connectivity index (χ0) is 21.0. The molecule has 29 heavy (non-hydrogen) atoms. The number of nitro groups is 1. The SMILES string of the molecule is COc1ccccc1CNC(=O)c1ccc([N+](=O)[O-])c(-c2cnn(C(C)C)c2)c1. The van der Waals surface area contributed by atoms with Crippen LogP contribution >= 0.6 is 0 Å². The summed E-state index contributed by atoms with van der Waals surface area (Å²) < 4.78 is 7.00. The van der Waals surface area contributed by atoms with Crippen molar-refractivity contribution in [2.24, 2.45) is 0 Å². The van der Waals surface area contributed by atoms with Gasteiger partial charge in [-0.25, -0.2) is 0 Å². The zero-order valence-electron chi connectivity index (χ0n) is 16.5. The molecular weight excluding hydrogens is 372 g/mol. The molecule has 0 atom stereocenters. The summed E-state index contributed by atoms with van der Waals surface area (Å²) in [6, 6.07) is 11.8. The summed E-state index contributed by atoms with van der Waals surface area (Å²) >= 11 is 0. The first kappa shape index (κ1) is 20.1. The number of aromatic nitrogens is 2. The summed E-state index contributed by atoms with van der Waals surface area (Å²) in [5.41, 5.74) is 2.03. The van der Waals surface area contributed by atoms with Crippen LogP contribution in [-0.4, -0.2) is 27.7 Å². The first-order valence-corrected chi connectivity index (χ1v) is 9.13. The number of para-hydroxylation sites is 1. The zero-order valence-corrected chi connectivity index (χ0v) is 16.5. The summed E-state index contributed by atoms with van der Waals surface area (Å²) in [5.74, 6) is 0.349. The number of amides is 1. The maximum atomic E-state index is 12.7. The lowest BCUT2D eigenvalue weighted by atomic mass is 10.0. The predicted molar refractivity (Wildman–Crippen MR) is 109 cm³/mol. The average Bonchev–Trinajstić information content (AvgIpc) is 3.22. The Labute approximate surface area is 168 Å². The van der Waals surface area contributed by atoms with Gasteiger partial charge in [-0.2, -0.15) is 5.10 Å². The minimum atomic E-state index is -0.460. The number of methoxy groups -OCH3 is 1. The van der Waals surface area contributed by atoms with Crippen LogP contribution in [0.1, 0.15) is 35.8 Å². The highest BCUT2D eigenvalue weighted by molar-refractivity contribution is 5.96. The Kier molecular flexibility index (Phi) is 5.92. The molecule has 150 valence electrons. The van der Waals surface area contributed by atoms with E-state index in [4.69, 9.17) is 4.74 Å². The Bertz CT molecular complexity index is 1040. The van der Waals surface area contributed by atoms with Crippen LogP contribution in [0.4, 0.5) is 5.69 Å². The van der Waals surface area contributed by atoms with Crippen LogP contribution in [0, 0.1) is 10.1 Å². The molecule has 1 aromatic heterocycles. The van der Waals surface area contributed by atoms with Crippen molar-refractivity contribution in [3.05, 3.63) is 76.1 Å². The smallest absolute Gasteiger partial charge is 0.277 e. The minimum Gasteiger partial charge on any atom is -0.496 e. The molecule has 3 aromatic rings. The van der Waals surface area contributed by atoms with Crippen molar-refractivity contribution in [1.82, 2.24) is 15.1 Å². The second-order valence-electron chi connectivity index (χ2n) is 6.79. The predicted octanol–water partition coefficient (Wildman–Crippen LogP) is 3.98. The quantitative estimate of drug-likeness (QED) is 0.483. The molecule has 8 heteroatoms. The highest BCUT2D eigenvalue weighted by Crippen LogP contribution is 2.31. The van der Waals surface area contributed by atoms with Gasteiger partial charge in [-0.05, 0) is 32.0 Å². The van der Waals surface area contributed by atoms with Gasteiger partial charge in [-0.3, -0.25) is 19.6 Å². The van der Waals surface area contributed by atoms with E-state index in [1.54, 1.807) is 24.2 Å². The fourth-order valence-corrected chi connectivity index (χ4v) is 2.95. The van der Waals surface area contributed by atoms with Gasteiger partial charge in [0.2, 0.25) is 0 Å². The van der Waals surface area contributed by atoms with Crippen molar-refractivity contribution in [3.63, 3.8) is 0 Å². The van der Waals surface area contributed by atoms with Crippen LogP contribution in [0.3, 0.4) is 0 Å². The molecule has 0 unspecified atom stereocenters. The third-order valence-corrected chi connectivity index (χ3v) is 4.53.